The smallest absolute Gasteiger partial charge is 0.193 e. The number of halogens is 1. The lowest BCUT2D eigenvalue weighted by molar-refractivity contribution is 0.00991. The fourth-order valence-electron chi connectivity index (χ4n) is 4.20. The summed E-state index contributed by atoms with van der Waals surface area (Å²) in [4.78, 5) is 6.83. The molecule has 172 valence electrons. The van der Waals surface area contributed by atoms with Gasteiger partial charge in [0.2, 0.25) is 0 Å². The number of guanidine groups is 1. The standard InChI is InChI=1S/C21H38N6O2.HI/c1-22-21(26-14-10-18(11-15-26)29-17-7-16-28-2)23-12-6-9-20-25-24-19-8-4-3-5-13-27(19)20;/h18H,3-17H2,1-2H3,(H,22,23);1H. The Morgan fingerprint density at radius 1 is 1.10 bits per heavy atom. The highest BCUT2D eigenvalue weighted by molar-refractivity contribution is 14.0. The molecule has 0 spiro atoms. The lowest BCUT2D eigenvalue weighted by Crippen LogP contribution is -2.47. The maximum Gasteiger partial charge on any atom is 0.193 e. The SMILES string of the molecule is CN=C(NCCCc1nnc2n1CCCCC2)N1CCC(OCCCOC)CC1.I. The molecule has 8 nitrogen and oxygen atoms in total. The van der Waals surface area contributed by atoms with Gasteiger partial charge in [-0.2, -0.15) is 0 Å². The van der Waals surface area contributed by atoms with Crippen LogP contribution in [0.15, 0.2) is 4.99 Å². The van der Waals surface area contributed by atoms with Crippen molar-refractivity contribution in [2.45, 2.75) is 70.4 Å². The van der Waals surface area contributed by atoms with Crippen LogP contribution in [0.3, 0.4) is 0 Å². The van der Waals surface area contributed by atoms with E-state index in [0.29, 0.717) is 6.10 Å². The van der Waals surface area contributed by atoms with Crippen LogP contribution in [0.2, 0.25) is 0 Å². The number of aryl methyl sites for hydroxylation is 2. The largest absolute Gasteiger partial charge is 0.385 e. The van der Waals surface area contributed by atoms with E-state index in [0.717, 1.165) is 89.7 Å². The van der Waals surface area contributed by atoms with E-state index in [9.17, 15) is 0 Å². The predicted octanol–water partition coefficient (Wildman–Crippen LogP) is 2.65. The summed E-state index contributed by atoms with van der Waals surface area (Å²) in [6.45, 7) is 5.53. The number of nitrogens with one attached hydrogen (secondary N) is 1. The number of aromatic nitrogens is 3. The van der Waals surface area contributed by atoms with Gasteiger partial charge in [-0.25, -0.2) is 0 Å². The van der Waals surface area contributed by atoms with Crippen LogP contribution in [0.4, 0.5) is 0 Å². The highest BCUT2D eigenvalue weighted by atomic mass is 127. The van der Waals surface area contributed by atoms with Crippen molar-refractivity contribution in [1.29, 1.82) is 0 Å². The third-order valence-electron chi connectivity index (χ3n) is 5.85. The Bertz CT molecular complexity index is 631. The van der Waals surface area contributed by atoms with E-state index in [4.69, 9.17) is 9.47 Å². The Balaban J connectivity index is 0.00000320. The molecule has 0 unspecified atom stereocenters. The number of fused-ring (bicyclic) bond motifs is 1. The van der Waals surface area contributed by atoms with Gasteiger partial charge in [0.15, 0.2) is 5.96 Å². The van der Waals surface area contributed by atoms with Crippen molar-refractivity contribution >= 4 is 29.9 Å². The summed E-state index contributed by atoms with van der Waals surface area (Å²) in [7, 11) is 3.60. The number of nitrogens with zero attached hydrogens (tertiary/aromatic N) is 5. The van der Waals surface area contributed by atoms with E-state index in [1.165, 1.54) is 25.1 Å². The van der Waals surface area contributed by atoms with Crippen LogP contribution in [-0.4, -0.2) is 78.7 Å². The lowest BCUT2D eigenvalue weighted by Gasteiger charge is -2.34. The molecule has 1 saturated heterocycles. The average Bonchev–Trinajstić information content (AvgIpc) is 2.98. The normalized spacial score (nSPS) is 17.9. The van der Waals surface area contributed by atoms with Crippen molar-refractivity contribution < 1.29 is 9.47 Å². The molecule has 1 N–H and O–H groups in total. The van der Waals surface area contributed by atoms with Crippen LogP contribution in [-0.2, 0) is 28.9 Å². The van der Waals surface area contributed by atoms with Gasteiger partial charge in [-0.15, -0.1) is 34.2 Å². The second-order valence-corrected chi connectivity index (χ2v) is 7.98. The average molecular weight is 534 g/mol. The van der Waals surface area contributed by atoms with Crippen molar-refractivity contribution in [3.05, 3.63) is 11.6 Å². The van der Waals surface area contributed by atoms with Gasteiger partial charge in [-0.1, -0.05) is 6.42 Å². The molecule has 0 saturated carbocycles. The molecule has 0 aliphatic carbocycles. The van der Waals surface area contributed by atoms with Crippen LogP contribution in [0.25, 0.3) is 0 Å². The maximum absolute atomic E-state index is 5.96. The number of ether oxygens (including phenoxy) is 2. The Kier molecular flexibility index (Phi) is 12.0. The summed E-state index contributed by atoms with van der Waals surface area (Å²) in [6.07, 6.45) is 10.3. The second kappa shape index (κ2) is 14.2. The first kappa shape index (κ1) is 25.3. The third kappa shape index (κ3) is 7.64. The first-order valence-electron chi connectivity index (χ1n) is 11.3. The summed E-state index contributed by atoms with van der Waals surface area (Å²) >= 11 is 0. The summed E-state index contributed by atoms with van der Waals surface area (Å²) in [5.74, 6) is 3.32. The molecule has 0 bridgehead atoms. The second-order valence-electron chi connectivity index (χ2n) is 7.98. The van der Waals surface area contributed by atoms with Crippen LogP contribution in [0.1, 0.15) is 56.6 Å². The van der Waals surface area contributed by atoms with Crippen LogP contribution >= 0.6 is 24.0 Å². The van der Waals surface area contributed by atoms with E-state index in [1.54, 1.807) is 7.11 Å². The molecule has 2 aliphatic heterocycles. The van der Waals surface area contributed by atoms with E-state index >= 15 is 0 Å². The number of hydrogen-bond donors (Lipinski definition) is 1. The van der Waals surface area contributed by atoms with Gasteiger partial charge in [0, 0.05) is 66.4 Å². The van der Waals surface area contributed by atoms with Gasteiger partial charge in [-0.05, 0) is 38.5 Å². The number of likely N-dealkylation sites (tertiary alicyclic amines) is 1. The number of methoxy groups -OCH3 is 1. The predicted molar refractivity (Wildman–Crippen MR) is 130 cm³/mol. The first-order chi connectivity index (χ1) is 14.3. The molecule has 30 heavy (non-hydrogen) atoms. The van der Waals surface area contributed by atoms with E-state index < -0.39 is 0 Å². The van der Waals surface area contributed by atoms with Gasteiger partial charge < -0.3 is 24.3 Å². The van der Waals surface area contributed by atoms with Crippen LogP contribution in [0, 0.1) is 0 Å². The minimum Gasteiger partial charge on any atom is -0.385 e. The molecule has 3 rings (SSSR count). The number of hydrogen-bond acceptors (Lipinski definition) is 5. The zero-order valence-corrected chi connectivity index (χ0v) is 21.0. The molecular formula is C21H39IN6O2. The summed E-state index contributed by atoms with van der Waals surface area (Å²) in [5.41, 5.74) is 0. The van der Waals surface area contributed by atoms with E-state index in [-0.39, 0.29) is 24.0 Å². The fourth-order valence-corrected chi connectivity index (χ4v) is 4.20. The van der Waals surface area contributed by atoms with Gasteiger partial charge in [0.1, 0.15) is 11.6 Å². The van der Waals surface area contributed by atoms with Crippen LogP contribution in [0.5, 0.6) is 0 Å². The number of rotatable bonds is 9. The lowest BCUT2D eigenvalue weighted by atomic mass is 10.1. The van der Waals surface area contributed by atoms with Gasteiger partial charge in [0.05, 0.1) is 6.10 Å². The number of piperidine rings is 1. The summed E-state index contributed by atoms with van der Waals surface area (Å²) < 4.78 is 13.4. The molecule has 1 aromatic heterocycles. The minimum absolute atomic E-state index is 0. The monoisotopic (exact) mass is 534 g/mol. The molecule has 0 radical (unpaired) electrons. The van der Waals surface area contributed by atoms with E-state index in [2.05, 4.69) is 30.0 Å². The fraction of sp³-hybridized carbons (Fsp3) is 0.857. The molecule has 0 aromatic carbocycles. The van der Waals surface area contributed by atoms with Crippen molar-refractivity contribution in [2.75, 3.05) is 47.0 Å². The Hall–Kier alpha value is -0.940. The molecule has 0 atom stereocenters. The Morgan fingerprint density at radius 3 is 2.70 bits per heavy atom. The molecular weight excluding hydrogens is 495 g/mol. The van der Waals surface area contributed by atoms with E-state index in [1.807, 2.05) is 7.05 Å². The molecule has 0 amide bonds. The first-order valence-corrected chi connectivity index (χ1v) is 11.3. The quantitative estimate of drug-likeness (QED) is 0.227. The summed E-state index contributed by atoms with van der Waals surface area (Å²) in [5, 5.41) is 12.4. The zero-order valence-electron chi connectivity index (χ0n) is 18.6. The number of aliphatic imine (C=N–C) groups is 1. The van der Waals surface area contributed by atoms with Crippen molar-refractivity contribution in [2.24, 2.45) is 4.99 Å². The Labute approximate surface area is 198 Å². The van der Waals surface area contributed by atoms with Gasteiger partial charge in [0.25, 0.3) is 0 Å². The van der Waals surface area contributed by atoms with Gasteiger partial charge >= 0.3 is 0 Å². The van der Waals surface area contributed by atoms with Crippen LogP contribution < -0.4 is 5.32 Å². The van der Waals surface area contributed by atoms with Gasteiger partial charge in [-0.3, -0.25) is 4.99 Å². The maximum atomic E-state index is 5.96. The third-order valence-corrected chi connectivity index (χ3v) is 5.85. The minimum atomic E-state index is 0. The van der Waals surface area contributed by atoms with Crippen molar-refractivity contribution in [3.8, 4) is 0 Å². The highest BCUT2D eigenvalue weighted by Gasteiger charge is 2.22. The van der Waals surface area contributed by atoms with Crippen molar-refractivity contribution in [1.82, 2.24) is 25.0 Å². The molecule has 2 aliphatic rings. The topological polar surface area (TPSA) is 76.8 Å². The zero-order chi connectivity index (χ0) is 20.3. The van der Waals surface area contributed by atoms with Crippen molar-refractivity contribution in [3.63, 3.8) is 0 Å². The Morgan fingerprint density at radius 2 is 1.93 bits per heavy atom. The molecule has 3 heterocycles. The molecule has 1 aromatic rings. The highest BCUT2D eigenvalue weighted by Crippen LogP contribution is 2.16. The molecule has 9 heteroatoms. The summed E-state index contributed by atoms with van der Waals surface area (Å²) in [6, 6.07) is 0. The molecule has 1 fully saturated rings.